The fourth-order valence-corrected chi connectivity index (χ4v) is 1.83. The van der Waals surface area contributed by atoms with Crippen molar-refractivity contribution >= 4 is 5.97 Å². The molecule has 0 amide bonds. The number of carbonyl (C=O) groups is 1. The van der Waals surface area contributed by atoms with E-state index in [-0.39, 0.29) is 11.1 Å². The zero-order valence-electron chi connectivity index (χ0n) is 9.91. The number of carboxylic acids is 1. The molecular weight excluding hydrogens is 276 g/mol. The van der Waals surface area contributed by atoms with Crippen molar-refractivity contribution in [3.05, 3.63) is 59.4 Å². The van der Waals surface area contributed by atoms with E-state index in [0.29, 0.717) is 0 Å². The molecule has 0 saturated heterocycles. The second-order valence-corrected chi connectivity index (χ2v) is 4.04. The van der Waals surface area contributed by atoms with E-state index in [4.69, 9.17) is 5.11 Å². The lowest BCUT2D eigenvalue weighted by atomic mass is 9.97. The number of hydrogen-bond donors (Lipinski definition) is 1. The third-order valence-electron chi connectivity index (χ3n) is 2.74. The zero-order chi connectivity index (χ0) is 14.9. The van der Waals surface area contributed by atoms with Crippen LogP contribution < -0.4 is 0 Å². The Bertz CT molecular complexity index is 662. The Labute approximate surface area is 111 Å². The summed E-state index contributed by atoms with van der Waals surface area (Å²) in [7, 11) is 0. The monoisotopic (exact) mass is 284 g/mol. The van der Waals surface area contributed by atoms with Crippen molar-refractivity contribution in [1.82, 2.24) is 0 Å². The fourth-order valence-electron chi connectivity index (χ4n) is 1.83. The maximum absolute atomic E-state index is 13.7. The highest BCUT2D eigenvalue weighted by atomic mass is 19.4. The quantitative estimate of drug-likeness (QED) is 0.839. The highest BCUT2D eigenvalue weighted by Crippen LogP contribution is 2.37. The molecular formula is C14H8F4O2. The number of alkyl halides is 3. The van der Waals surface area contributed by atoms with Crippen LogP contribution in [-0.2, 0) is 6.18 Å². The average molecular weight is 284 g/mol. The third-order valence-corrected chi connectivity index (χ3v) is 2.74. The summed E-state index contributed by atoms with van der Waals surface area (Å²) >= 11 is 0. The number of hydrogen-bond acceptors (Lipinski definition) is 1. The van der Waals surface area contributed by atoms with Crippen molar-refractivity contribution in [3.63, 3.8) is 0 Å². The van der Waals surface area contributed by atoms with Gasteiger partial charge in [-0.15, -0.1) is 0 Å². The second-order valence-electron chi connectivity index (χ2n) is 4.04. The van der Waals surface area contributed by atoms with Gasteiger partial charge in [0.2, 0.25) is 0 Å². The summed E-state index contributed by atoms with van der Waals surface area (Å²) < 4.78 is 52.4. The van der Waals surface area contributed by atoms with Crippen LogP contribution >= 0.6 is 0 Å². The van der Waals surface area contributed by atoms with E-state index in [1.807, 2.05) is 0 Å². The molecule has 20 heavy (non-hydrogen) atoms. The van der Waals surface area contributed by atoms with Gasteiger partial charge in [-0.25, -0.2) is 9.18 Å². The Balaban J connectivity index is 2.69. The minimum Gasteiger partial charge on any atom is -0.478 e. The van der Waals surface area contributed by atoms with Crippen LogP contribution in [0.2, 0.25) is 0 Å². The second kappa shape index (κ2) is 4.96. The Morgan fingerprint density at radius 3 is 2.25 bits per heavy atom. The molecule has 0 atom stereocenters. The van der Waals surface area contributed by atoms with Gasteiger partial charge >= 0.3 is 12.1 Å². The van der Waals surface area contributed by atoms with Crippen LogP contribution in [-0.4, -0.2) is 11.1 Å². The first-order valence-corrected chi connectivity index (χ1v) is 5.50. The molecule has 0 heterocycles. The standard InChI is InChI=1S/C14H8F4O2/c15-12-6-5-8(13(19)20)7-10(12)9-3-1-2-4-11(9)14(16,17)18/h1-7H,(H,19,20). The van der Waals surface area contributed by atoms with Crippen molar-refractivity contribution in [2.45, 2.75) is 6.18 Å². The van der Waals surface area contributed by atoms with Crippen LogP contribution in [0.3, 0.4) is 0 Å². The molecule has 0 radical (unpaired) electrons. The summed E-state index contributed by atoms with van der Waals surface area (Å²) in [5.41, 5.74) is -2.07. The fraction of sp³-hybridized carbons (Fsp3) is 0.0714. The predicted molar refractivity (Wildman–Crippen MR) is 63.8 cm³/mol. The molecule has 1 N–H and O–H groups in total. The van der Waals surface area contributed by atoms with Crippen LogP contribution in [0.4, 0.5) is 17.6 Å². The van der Waals surface area contributed by atoms with Crippen LogP contribution in [0.5, 0.6) is 0 Å². The van der Waals surface area contributed by atoms with Crippen LogP contribution in [0, 0.1) is 5.82 Å². The number of rotatable bonds is 2. The van der Waals surface area contributed by atoms with Crippen LogP contribution in [0.1, 0.15) is 15.9 Å². The molecule has 104 valence electrons. The van der Waals surface area contributed by atoms with Crippen molar-refractivity contribution < 1.29 is 27.5 Å². The van der Waals surface area contributed by atoms with E-state index in [2.05, 4.69) is 0 Å². The minimum absolute atomic E-state index is 0.279. The van der Waals surface area contributed by atoms with Crippen molar-refractivity contribution in [1.29, 1.82) is 0 Å². The molecule has 0 aliphatic carbocycles. The first-order chi connectivity index (χ1) is 9.30. The van der Waals surface area contributed by atoms with Gasteiger partial charge in [-0.1, -0.05) is 18.2 Å². The Morgan fingerprint density at radius 1 is 1.00 bits per heavy atom. The highest BCUT2D eigenvalue weighted by molar-refractivity contribution is 5.89. The molecule has 2 aromatic carbocycles. The molecule has 2 nitrogen and oxygen atoms in total. The van der Waals surface area contributed by atoms with Gasteiger partial charge in [0, 0.05) is 5.56 Å². The SMILES string of the molecule is O=C(O)c1ccc(F)c(-c2ccccc2C(F)(F)F)c1. The van der Waals surface area contributed by atoms with Gasteiger partial charge in [-0.2, -0.15) is 13.2 Å². The van der Waals surface area contributed by atoms with Gasteiger partial charge in [0.1, 0.15) is 5.82 Å². The van der Waals surface area contributed by atoms with E-state index in [1.165, 1.54) is 12.1 Å². The highest BCUT2D eigenvalue weighted by Gasteiger charge is 2.33. The molecule has 0 bridgehead atoms. The largest absolute Gasteiger partial charge is 0.478 e. The molecule has 0 saturated carbocycles. The number of halogens is 4. The van der Waals surface area contributed by atoms with Gasteiger partial charge in [0.25, 0.3) is 0 Å². The Hall–Kier alpha value is -2.37. The molecule has 2 rings (SSSR count). The first kappa shape index (κ1) is 14.0. The molecule has 6 heteroatoms. The number of aromatic carboxylic acids is 1. The van der Waals surface area contributed by atoms with Crippen LogP contribution in [0.15, 0.2) is 42.5 Å². The Kier molecular flexibility index (Phi) is 3.48. The zero-order valence-corrected chi connectivity index (χ0v) is 9.91. The molecule has 0 aliphatic rings. The molecule has 0 unspecified atom stereocenters. The molecule has 2 aromatic rings. The summed E-state index contributed by atoms with van der Waals surface area (Å²) in [5.74, 6) is -2.25. The van der Waals surface area contributed by atoms with E-state index >= 15 is 0 Å². The lowest BCUT2D eigenvalue weighted by molar-refractivity contribution is -0.137. The molecule has 0 fully saturated rings. The maximum atomic E-state index is 13.7. The predicted octanol–water partition coefficient (Wildman–Crippen LogP) is 4.21. The van der Waals surface area contributed by atoms with E-state index in [1.54, 1.807) is 0 Å². The van der Waals surface area contributed by atoms with Crippen LogP contribution in [0.25, 0.3) is 11.1 Å². The lowest BCUT2D eigenvalue weighted by Gasteiger charge is -2.13. The van der Waals surface area contributed by atoms with E-state index in [9.17, 15) is 22.4 Å². The van der Waals surface area contributed by atoms with Crippen molar-refractivity contribution in [2.75, 3.05) is 0 Å². The molecule has 0 aliphatic heterocycles. The minimum atomic E-state index is -4.65. The summed E-state index contributed by atoms with van der Waals surface area (Å²) in [4.78, 5) is 10.8. The van der Waals surface area contributed by atoms with Gasteiger partial charge in [-0.3, -0.25) is 0 Å². The summed E-state index contributed by atoms with van der Waals surface area (Å²) in [6, 6.07) is 7.17. The van der Waals surface area contributed by atoms with Gasteiger partial charge in [0.15, 0.2) is 0 Å². The van der Waals surface area contributed by atoms with Crippen molar-refractivity contribution in [3.8, 4) is 11.1 Å². The molecule has 0 spiro atoms. The number of benzene rings is 2. The Morgan fingerprint density at radius 2 is 1.65 bits per heavy atom. The third kappa shape index (κ3) is 2.64. The topological polar surface area (TPSA) is 37.3 Å². The summed E-state index contributed by atoms with van der Waals surface area (Å²) in [5, 5.41) is 8.83. The summed E-state index contributed by atoms with van der Waals surface area (Å²) in [6.45, 7) is 0. The molecule has 0 aromatic heterocycles. The normalized spacial score (nSPS) is 11.4. The van der Waals surface area contributed by atoms with Gasteiger partial charge < -0.3 is 5.11 Å². The summed E-state index contributed by atoms with van der Waals surface area (Å²) in [6.07, 6.45) is -4.65. The number of carboxylic acid groups (broad SMARTS) is 1. The van der Waals surface area contributed by atoms with Crippen molar-refractivity contribution in [2.24, 2.45) is 0 Å². The lowest BCUT2D eigenvalue weighted by Crippen LogP contribution is -2.08. The van der Waals surface area contributed by atoms with Gasteiger partial charge in [0.05, 0.1) is 11.1 Å². The maximum Gasteiger partial charge on any atom is 0.417 e. The smallest absolute Gasteiger partial charge is 0.417 e. The van der Waals surface area contributed by atoms with E-state index in [0.717, 1.165) is 30.3 Å². The van der Waals surface area contributed by atoms with E-state index < -0.39 is 29.1 Å². The average Bonchev–Trinajstić information content (AvgIpc) is 2.38. The van der Waals surface area contributed by atoms with Gasteiger partial charge in [-0.05, 0) is 29.8 Å². The first-order valence-electron chi connectivity index (χ1n) is 5.50.